The third kappa shape index (κ3) is 9.57. The Morgan fingerprint density at radius 3 is 2.33 bits per heavy atom. The van der Waals surface area contributed by atoms with E-state index in [1.165, 1.54) is 32.1 Å². The summed E-state index contributed by atoms with van der Waals surface area (Å²) in [5.41, 5.74) is 0. The fourth-order valence-corrected chi connectivity index (χ4v) is 1.52. The van der Waals surface area contributed by atoms with Crippen LogP contribution >= 0.6 is 0 Å². The Balaban J connectivity index is 3.18. The number of hydrogen-bond acceptors (Lipinski definition) is 1. The number of unbranched alkanes of at least 4 members (excludes halogenated alkanes) is 3. The van der Waals surface area contributed by atoms with Crippen molar-refractivity contribution in [3.8, 4) is 0 Å². The van der Waals surface area contributed by atoms with Crippen molar-refractivity contribution >= 4 is 5.96 Å². The highest BCUT2D eigenvalue weighted by molar-refractivity contribution is 5.79. The van der Waals surface area contributed by atoms with Crippen molar-refractivity contribution in [3.63, 3.8) is 0 Å². The zero-order chi connectivity index (χ0) is 11.5. The summed E-state index contributed by atoms with van der Waals surface area (Å²) in [5, 5.41) is 6.27. The highest BCUT2D eigenvalue weighted by Crippen LogP contribution is 2.08. The van der Waals surface area contributed by atoms with E-state index in [2.05, 4.69) is 29.5 Å². The van der Waals surface area contributed by atoms with Gasteiger partial charge in [-0.05, 0) is 12.3 Å². The number of rotatable bonds is 7. The van der Waals surface area contributed by atoms with E-state index in [0.29, 0.717) is 0 Å². The molecule has 0 bridgehead atoms. The summed E-state index contributed by atoms with van der Waals surface area (Å²) >= 11 is 0. The van der Waals surface area contributed by atoms with Crippen molar-refractivity contribution < 1.29 is 0 Å². The lowest BCUT2D eigenvalue weighted by molar-refractivity contribution is 0.519. The van der Waals surface area contributed by atoms with Crippen LogP contribution in [0.25, 0.3) is 0 Å². The van der Waals surface area contributed by atoms with Crippen LogP contribution in [0.2, 0.25) is 0 Å². The van der Waals surface area contributed by atoms with Gasteiger partial charge in [-0.3, -0.25) is 4.99 Å². The summed E-state index contributed by atoms with van der Waals surface area (Å²) in [6.07, 6.45) is 6.65. The first-order valence-corrected chi connectivity index (χ1v) is 6.09. The minimum atomic E-state index is 0.853. The van der Waals surface area contributed by atoms with E-state index in [4.69, 9.17) is 0 Å². The molecule has 0 aromatic heterocycles. The Kier molecular flexibility index (Phi) is 9.33. The molecule has 0 fully saturated rings. The van der Waals surface area contributed by atoms with Crippen LogP contribution in [-0.4, -0.2) is 26.6 Å². The van der Waals surface area contributed by atoms with Gasteiger partial charge in [0.2, 0.25) is 0 Å². The molecule has 0 saturated carbocycles. The Labute approximate surface area is 94.7 Å². The van der Waals surface area contributed by atoms with E-state index in [1.54, 1.807) is 7.05 Å². The van der Waals surface area contributed by atoms with E-state index in [0.717, 1.165) is 18.4 Å². The van der Waals surface area contributed by atoms with Crippen molar-refractivity contribution in [2.24, 2.45) is 10.9 Å². The summed E-state index contributed by atoms with van der Waals surface area (Å²) in [6, 6.07) is 0. The van der Waals surface area contributed by atoms with Gasteiger partial charge in [-0.1, -0.05) is 39.5 Å². The van der Waals surface area contributed by atoms with Gasteiger partial charge in [0.1, 0.15) is 0 Å². The third-order valence-electron chi connectivity index (χ3n) is 2.46. The molecular weight excluding hydrogens is 186 g/mol. The fourth-order valence-electron chi connectivity index (χ4n) is 1.52. The van der Waals surface area contributed by atoms with Crippen LogP contribution in [0, 0.1) is 5.92 Å². The van der Waals surface area contributed by atoms with Crippen molar-refractivity contribution in [3.05, 3.63) is 0 Å². The highest BCUT2D eigenvalue weighted by Gasteiger charge is 1.95. The molecule has 0 spiro atoms. The largest absolute Gasteiger partial charge is 0.359 e. The van der Waals surface area contributed by atoms with E-state index in [-0.39, 0.29) is 0 Å². The zero-order valence-corrected chi connectivity index (χ0v) is 10.8. The van der Waals surface area contributed by atoms with Gasteiger partial charge >= 0.3 is 0 Å². The smallest absolute Gasteiger partial charge is 0.190 e. The maximum absolute atomic E-state index is 4.06. The van der Waals surface area contributed by atoms with Gasteiger partial charge < -0.3 is 10.6 Å². The molecule has 3 nitrogen and oxygen atoms in total. The van der Waals surface area contributed by atoms with E-state index in [9.17, 15) is 0 Å². The van der Waals surface area contributed by atoms with Gasteiger partial charge in [0.25, 0.3) is 0 Å². The van der Waals surface area contributed by atoms with Gasteiger partial charge in [-0.25, -0.2) is 0 Å². The van der Waals surface area contributed by atoms with Crippen LogP contribution in [0.3, 0.4) is 0 Å². The Hall–Kier alpha value is -0.730. The molecule has 3 heteroatoms. The number of guanidine groups is 1. The minimum Gasteiger partial charge on any atom is -0.359 e. The van der Waals surface area contributed by atoms with Crippen molar-refractivity contribution in [2.45, 2.75) is 46.0 Å². The summed E-state index contributed by atoms with van der Waals surface area (Å²) < 4.78 is 0. The lowest BCUT2D eigenvalue weighted by Crippen LogP contribution is -2.35. The first-order valence-electron chi connectivity index (χ1n) is 6.09. The second kappa shape index (κ2) is 9.81. The maximum Gasteiger partial charge on any atom is 0.190 e. The first kappa shape index (κ1) is 14.3. The molecule has 0 aromatic rings. The molecule has 2 N–H and O–H groups in total. The number of aliphatic imine (C=N–C) groups is 1. The predicted octanol–water partition coefficient (Wildman–Crippen LogP) is 2.39. The van der Waals surface area contributed by atoms with E-state index in [1.807, 2.05) is 7.05 Å². The van der Waals surface area contributed by atoms with Crippen LogP contribution in [0.15, 0.2) is 4.99 Å². The van der Waals surface area contributed by atoms with Crippen LogP contribution in [0.4, 0.5) is 0 Å². The average Bonchev–Trinajstić information content (AvgIpc) is 2.22. The van der Waals surface area contributed by atoms with Gasteiger partial charge in [-0.2, -0.15) is 0 Å². The fraction of sp³-hybridized carbons (Fsp3) is 0.917. The first-order chi connectivity index (χ1) is 7.20. The molecule has 0 radical (unpaired) electrons. The molecule has 0 heterocycles. The summed E-state index contributed by atoms with van der Waals surface area (Å²) in [6.45, 7) is 5.60. The van der Waals surface area contributed by atoms with Crippen molar-refractivity contribution in [1.82, 2.24) is 10.6 Å². The lowest BCUT2D eigenvalue weighted by Gasteiger charge is -2.08. The normalized spacial score (nSPS) is 11.9. The molecule has 90 valence electrons. The molecule has 0 unspecified atom stereocenters. The monoisotopic (exact) mass is 213 g/mol. The van der Waals surface area contributed by atoms with E-state index < -0.39 is 0 Å². The van der Waals surface area contributed by atoms with Gasteiger partial charge in [-0.15, -0.1) is 0 Å². The molecule has 0 saturated heterocycles. The number of nitrogens with one attached hydrogen (secondary N) is 2. The summed E-state index contributed by atoms with van der Waals surface area (Å²) in [4.78, 5) is 4.06. The third-order valence-corrected chi connectivity index (χ3v) is 2.46. The highest BCUT2D eigenvalue weighted by atomic mass is 15.1. The topological polar surface area (TPSA) is 36.4 Å². The van der Waals surface area contributed by atoms with Crippen LogP contribution < -0.4 is 10.6 Å². The van der Waals surface area contributed by atoms with Crippen molar-refractivity contribution in [2.75, 3.05) is 20.6 Å². The SMILES string of the molecule is CN=C(NC)NCCCCCCC(C)C. The molecule has 0 rings (SSSR count). The number of hydrogen-bond donors (Lipinski definition) is 2. The summed E-state index contributed by atoms with van der Waals surface area (Å²) in [7, 11) is 3.68. The van der Waals surface area contributed by atoms with Gasteiger partial charge in [0.15, 0.2) is 5.96 Å². The van der Waals surface area contributed by atoms with Crippen molar-refractivity contribution in [1.29, 1.82) is 0 Å². The van der Waals surface area contributed by atoms with Crippen LogP contribution in [0.1, 0.15) is 46.0 Å². The Bertz CT molecular complexity index is 164. The molecule has 0 aromatic carbocycles. The molecular formula is C12H27N3. The second-order valence-corrected chi connectivity index (χ2v) is 4.35. The second-order valence-electron chi connectivity index (χ2n) is 4.35. The van der Waals surface area contributed by atoms with Gasteiger partial charge in [0.05, 0.1) is 0 Å². The Morgan fingerprint density at radius 1 is 1.13 bits per heavy atom. The lowest BCUT2D eigenvalue weighted by atomic mass is 10.0. The molecule has 0 aliphatic rings. The molecule has 0 amide bonds. The standard InChI is InChI=1S/C12H27N3/c1-11(2)9-7-5-6-8-10-15-12(13-3)14-4/h11H,5-10H2,1-4H3,(H2,13,14,15). The predicted molar refractivity (Wildman–Crippen MR) is 68.3 cm³/mol. The average molecular weight is 213 g/mol. The molecule has 0 aliphatic heterocycles. The molecule has 0 aliphatic carbocycles. The zero-order valence-electron chi connectivity index (χ0n) is 10.8. The molecule has 15 heavy (non-hydrogen) atoms. The summed E-state index contributed by atoms with van der Waals surface area (Å²) in [5.74, 6) is 1.74. The van der Waals surface area contributed by atoms with E-state index >= 15 is 0 Å². The quantitative estimate of drug-likeness (QED) is 0.387. The van der Waals surface area contributed by atoms with Crippen LogP contribution in [0.5, 0.6) is 0 Å². The maximum atomic E-state index is 4.06. The van der Waals surface area contributed by atoms with Crippen LogP contribution in [-0.2, 0) is 0 Å². The molecule has 0 atom stereocenters. The van der Waals surface area contributed by atoms with Gasteiger partial charge in [0, 0.05) is 20.6 Å². The Morgan fingerprint density at radius 2 is 1.80 bits per heavy atom. The minimum absolute atomic E-state index is 0.853. The number of nitrogens with zero attached hydrogens (tertiary/aromatic N) is 1.